The van der Waals surface area contributed by atoms with Crippen molar-refractivity contribution in [2.45, 2.75) is 81.6 Å². The van der Waals surface area contributed by atoms with Crippen molar-refractivity contribution in [3.8, 4) is 11.5 Å². The van der Waals surface area contributed by atoms with Gasteiger partial charge in [-0.25, -0.2) is 0 Å². The average Bonchev–Trinajstić information content (AvgIpc) is 3.66. The highest BCUT2D eigenvalue weighted by Gasteiger charge is 2.73. The van der Waals surface area contributed by atoms with E-state index in [1.54, 1.807) is 13.0 Å². The van der Waals surface area contributed by atoms with Crippen LogP contribution in [0.2, 0.25) is 0 Å². The fraction of sp³-hybridized carbons (Fsp3) is 0.485. The lowest BCUT2D eigenvalue weighted by molar-refractivity contribution is -0.190. The molecule has 2 bridgehead atoms. The van der Waals surface area contributed by atoms with E-state index in [4.69, 9.17) is 4.74 Å². The maximum absolute atomic E-state index is 13.5. The van der Waals surface area contributed by atoms with E-state index in [1.165, 1.54) is 18.4 Å². The van der Waals surface area contributed by atoms with Crippen LogP contribution in [0.25, 0.3) is 10.8 Å². The Labute approximate surface area is 241 Å². The van der Waals surface area contributed by atoms with Crippen LogP contribution in [0.4, 0.5) is 5.69 Å². The Morgan fingerprint density at radius 2 is 1.90 bits per heavy atom. The number of amides is 1. The summed E-state index contributed by atoms with van der Waals surface area (Å²) in [4.78, 5) is 18.0. The molecule has 1 spiro atoms. The summed E-state index contributed by atoms with van der Waals surface area (Å²) in [5, 5.41) is 26.1. The number of hydrogen-bond acceptors (Lipinski definition) is 5. The standard InChI is InChI=1S/C33H36N2O4.ClH/c1-19-24-6-4-3-5-22(24)9-11-25(19)35(20(2)36)26-13-14-33(38)28-17-23-10-12-27(37)30-29(23)32(33,31(26)39-30)15-16-34(28)18-21-7-8-21;/h3-6,9-12,21,26,28,31,37-38H,7-8,13-18H2,1-2H3;1H/t26-,28-,31+,32+,33-;/m1./s1. The van der Waals surface area contributed by atoms with Gasteiger partial charge in [0.05, 0.1) is 17.1 Å². The molecule has 6 nitrogen and oxygen atoms in total. The highest BCUT2D eigenvalue weighted by atomic mass is 35.5. The third kappa shape index (κ3) is 3.27. The number of piperidine rings is 1. The van der Waals surface area contributed by atoms with Crippen molar-refractivity contribution in [3.05, 3.63) is 65.2 Å². The molecule has 2 heterocycles. The molecule has 0 unspecified atom stereocenters. The molecule has 5 atom stereocenters. The molecule has 8 rings (SSSR count). The molecule has 1 saturated heterocycles. The van der Waals surface area contributed by atoms with Crippen LogP contribution in [0.3, 0.4) is 0 Å². The number of halogens is 1. The number of hydrogen-bond donors (Lipinski definition) is 2. The van der Waals surface area contributed by atoms with E-state index < -0.39 is 17.1 Å². The molecule has 3 fully saturated rings. The number of carbonyl (C=O) groups excluding carboxylic acids is 1. The molecule has 3 aromatic carbocycles. The normalized spacial score (nSPS) is 31.7. The third-order valence-corrected chi connectivity index (χ3v) is 10.8. The maximum Gasteiger partial charge on any atom is 0.224 e. The first-order chi connectivity index (χ1) is 18.8. The van der Waals surface area contributed by atoms with Crippen LogP contribution in [0, 0.1) is 12.8 Å². The van der Waals surface area contributed by atoms with Crippen LogP contribution in [-0.4, -0.2) is 57.9 Å². The molecular weight excluding hydrogens is 524 g/mol. The molecule has 3 aromatic rings. The quantitative estimate of drug-likeness (QED) is 0.455. The van der Waals surface area contributed by atoms with Gasteiger partial charge in [0.15, 0.2) is 11.5 Å². The van der Waals surface area contributed by atoms with Crippen molar-refractivity contribution in [1.29, 1.82) is 0 Å². The zero-order valence-electron chi connectivity index (χ0n) is 23.1. The number of aliphatic hydroxyl groups is 1. The van der Waals surface area contributed by atoms with Gasteiger partial charge in [0.25, 0.3) is 0 Å². The maximum atomic E-state index is 13.5. The number of aryl methyl sites for hydroxylation is 1. The van der Waals surface area contributed by atoms with E-state index in [2.05, 4.69) is 36.1 Å². The summed E-state index contributed by atoms with van der Waals surface area (Å²) in [7, 11) is 0. The first kappa shape index (κ1) is 26.1. The molecule has 210 valence electrons. The van der Waals surface area contributed by atoms with Crippen molar-refractivity contribution < 1.29 is 19.7 Å². The largest absolute Gasteiger partial charge is 0.504 e. The van der Waals surface area contributed by atoms with Gasteiger partial charge in [-0.2, -0.15) is 0 Å². The SMILES string of the molecule is CC(=O)N(c1ccc2ccccc2c1C)[C@@H]1CC[C@@]2(O)[C@H]3Cc4ccc(O)c5c4[C@@]2(CCN3CC2CC2)[C@H]1O5.Cl. The Morgan fingerprint density at radius 3 is 2.67 bits per heavy atom. The topological polar surface area (TPSA) is 73.2 Å². The van der Waals surface area contributed by atoms with Crippen LogP contribution in [-0.2, 0) is 16.6 Å². The fourth-order valence-corrected chi connectivity index (χ4v) is 8.98. The van der Waals surface area contributed by atoms with Crippen molar-refractivity contribution >= 4 is 34.8 Å². The number of phenolic OH excluding ortho intramolecular Hbond substituents is 1. The average molecular weight is 561 g/mol. The Hall–Kier alpha value is -2.80. The van der Waals surface area contributed by atoms with Gasteiger partial charge in [-0.1, -0.05) is 36.4 Å². The van der Waals surface area contributed by atoms with E-state index in [9.17, 15) is 15.0 Å². The van der Waals surface area contributed by atoms with E-state index in [1.807, 2.05) is 23.1 Å². The lowest BCUT2D eigenvalue weighted by atomic mass is 9.48. The molecule has 3 aliphatic carbocycles. The van der Waals surface area contributed by atoms with Gasteiger partial charge < -0.3 is 19.8 Å². The molecule has 5 aliphatic rings. The minimum Gasteiger partial charge on any atom is -0.504 e. The summed E-state index contributed by atoms with van der Waals surface area (Å²) in [6.07, 6.45) is 4.93. The van der Waals surface area contributed by atoms with Crippen LogP contribution in [0.15, 0.2) is 48.5 Å². The van der Waals surface area contributed by atoms with Gasteiger partial charge in [-0.15, -0.1) is 12.4 Å². The summed E-state index contributed by atoms with van der Waals surface area (Å²) in [6, 6.07) is 16.0. The molecule has 40 heavy (non-hydrogen) atoms. The summed E-state index contributed by atoms with van der Waals surface area (Å²) in [6.45, 7) is 5.68. The molecule has 2 N–H and O–H groups in total. The van der Waals surface area contributed by atoms with Crippen LogP contribution >= 0.6 is 12.4 Å². The van der Waals surface area contributed by atoms with Crippen molar-refractivity contribution in [2.75, 3.05) is 18.0 Å². The first-order valence-corrected chi connectivity index (χ1v) is 14.6. The lowest BCUT2D eigenvalue weighted by Gasteiger charge is -2.64. The van der Waals surface area contributed by atoms with Crippen LogP contribution < -0.4 is 9.64 Å². The number of carbonyl (C=O) groups is 1. The van der Waals surface area contributed by atoms with Crippen molar-refractivity contribution in [2.24, 2.45) is 5.92 Å². The lowest BCUT2D eigenvalue weighted by Crippen LogP contribution is -2.78. The Bertz CT molecular complexity index is 1540. The number of ether oxygens (including phenoxy) is 1. The van der Waals surface area contributed by atoms with Crippen molar-refractivity contribution in [3.63, 3.8) is 0 Å². The number of anilines is 1. The number of rotatable bonds is 4. The van der Waals surface area contributed by atoms with E-state index in [-0.39, 0.29) is 36.1 Å². The highest BCUT2D eigenvalue weighted by Crippen LogP contribution is 2.66. The Kier molecular flexibility index (Phi) is 5.78. The van der Waals surface area contributed by atoms with Crippen LogP contribution in [0.5, 0.6) is 11.5 Å². The number of likely N-dealkylation sites (tertiary alicyclic amines) is 1. The monoisotopic (exact) mass is 560 g/mol. The highest BCUT2D eigenvalue weighted by molar-refractivity contribution is 5.98. The van der Waals surface area contributed by atoms with E-state index in [0.717, 1.165) is 59.4 Å². The number of benzene rings is 3. The first-order valence-electron chi connectivity index (χ1n) is 14.6. The number of phenols is 1. The minimum atomic E-state index is -0.964. The summed E-state index contributed by atoms with van der Waals surface area (Å²) in [5.41, 5.74) is 2.53. The predicted molar refractivity (Wildman–Crippen MR) is 158 cm³/mol. The summed E-state index contributed by atoms with van der Waals surface area (Å²) < 4.78 is 6.77. The minimum absolute atomic E-state index is 0. The Balaban J connectivity index is 0.00000264. The summed E-state index contributed by atoms with van der Waals surface area (Å²) >= 11 is 0. The molecule has 0 aromatic heterocycles. The molecular formula is C33H37ClN2O4. The molecule has 7 heteroatoms. The number of aromatic hydroxyl groups is 1. The fourth-order valence-electron chi connectivity index (χ4n) is 8.98. The second-order valence-corrected chi connectivity index (χ2v) is 12.7. The van der Waals surface area contributed by atoms with Gasteiger partial charge in [-0.05, 0) is 91.9 Å². The third-order valence-electron chi connectivity index (χ3n) is 10.8. The van der Waals surface area contributed by atoms with Crippen molar-refractivity contribution in [1.82, 2.24) is 4.90 Å². The molecule has 2 aliphatic heterocycles. The van der Waals surface area contributed by atoms with Gasteiger partial charge >= 0.3 is 0 Å². The predicted octanol–water partition coefficient (Wildman–Crippen LogP) is 5.26. The smallest absolute Gasteiger partial charge is 0.224 e. The molecule has 0 radical (unpaired) electrons. The number of fused-ring (bicyclic) bond motifs is 1. The summed E-state index contributed by atoms with van der Waals surface area (Å²) in [5.74, 6) is 1.38. The van der Waals surface area contributed by atoms with Gasteiger partial charge in [-0.3, -0.25) is 9.69 Å². The van der Waals surface area contributed by atoms with Crippen LogP contribution in [0.1, 0.15) is 55.7 Å². The van der Waals surface area contributed by atoms with Gasteiger partial charge in [0.1, 0.15) is 6.10 Å². The zero-order chi connectivity index (χ0) is 26.7. The number of nitrogens with zero attached hydrogens (tertiary/aromatic N) is 2. The second kappa shape index (κ2) is 8.85. The zero-order valence-corrected chi connectivity index (χ0v) is 23.9. The second-order valence-electron chi connectivity index (χ2n) is 12.7. The molecule has 2 saturated carbocycles. The van der Waals surface area contributed by atoms with Gasteiger partial charge in [0.2, 0.25) is 5.91 Å². The Morgan fingerprint density at radius 1 is 1.10 bits per heavy atom. The van der Waals surface area contributed by atoms with E-state index in [0.29, 0.717) is 18.6 Å². The van der Waals surface area contributed by atoms with E-state index >= 15 is 0 Å². The van der Waals surface area contributed by atoms with Gasteiger partial charge in [0, 0.05) is 30.8 Å². The molecule has 1 amide bonds.